The molecule has 0 saturated carbocycles. The highest BCUT2D eigenvalue weighted by atomic mass is 14.1. The maximum Gasteiger partial charge on any atom is -0.0103 e. The molecule has 0 heteroatoms. The Morgan fingerprint density at radius 3 is 1.50 bits per heavy atom. The van der Waals surface area contributed by atoms with Crippen molar-refractivity contribution in [3.05, 3.63) is 120 Å². The van der Waals surface area contributed by atoms with E-state index < -0.39 is 0 Å². The van der Waals surface area contributed by atoms with E-state index in [0.29, 0.717) is 0 Å². The zero-order chi connectivity index (χ0) is 22.5. The monoisotopic (exact) mass is 414 g/mol. The molecule has 0 amide bonds. The van der Waals surface area contributed by atoms with Gasteiger partial charge >= 0.3 is 0 Å². The van der Waals surface area contributed by atoms with Crippen LogP contribution >= 0.6 is 0 Å². The molecule has 0 unspecified atom stereocenters. The van der Waals surface area contributed by atoms with Crippen LogP contribution in [0, 0.1) is 13.8 Å². The van der Waals surface area contributed by atoms with E-state index in [0.717, 1.165) is 0 Å². The summed E-state index contributed by atoms with van der Waals surface area (Å²) in [6, 6.07) is 38.9. The van der Waals surface area contributed by atoms with Crippen LogP contribution in [0.1, 0.15) is 25.0 Å². The lowest BCUT2D eigenvalue weighted by Crippen LogP contribution is -1.81. The van der Waals surface area contributed by atoms with Gasteiger partial charge in [0.25, 0.3) is 0 Å². The van der Waals surface area contributed by atoms with Crippen LogP contribution in [0.2, 0.25) is 0 Å². The Hall–Kier alpha value is -3.64. The second kappa shape index (κ2) is 9.66. The van der Waals surface area contributed by atoms with Gasteiger partial charge in [0.1, 0.15) is 0 Å². The predicted octanol–water partition coefficient (Wildman–Crippen LogP) is 9.63. The maximum atomic E-state index is 2.26. The van der Waals surface area contributed by atoms with Crippen LogP contribution in [0.25, 0.3) is 43.1 Å². The van der Waals surface area contributed by atoms with Gasteiger partial charge in [0.2, 0.25) is 0 Å². The molecule has 0 fully saturated rings. The summed E-state index contributed by atoms with van der Waals surface area (Å²) in [5.74, 6) is 0. The van der Waals surface area contributed by atoms with Crippen molar-refractivity contribution in [2.45, 2.75) is 27.7 Å². The Labute approximate surface area is 191 Å². The SMILES string of the molecule is CC.Cc1cc2ccccc2c2ccccc12.Cc1cccc2c1ccc1ccccc12. The quantitative estimate of drug-likeness (QED) is 0.217. The van der Waals surface area contributed by atoms with Crippen LogP contribution in [-0.2, 0) is 0 Å². The fourth-order valence-electron chi connectivity index (χ4n) is 4.44. The van der Waals surface area contributed by atoms with E-state index >= 15 is 0 Å². The Balaban J connectivity index is 0.000000142. The van der Waals surface area contributed by atoms with Gasteiger partial charge in [-0.15, -0.1) is 0 Å². The van der Waals surface area contributed by atoms with E-state index in [-0.39, 0.29) is 0 Å². The summed E-state index contributed by atoms with van der Waals surface area (Å²) >= 11 is 0. The first-order valence-corrected chi connectivity index (χ1v) is 11.5. The molecule has 0 atom stereocenters. The van der Waals surface area contributed by atoms with Gasteiger partial charge in [-0.1, -0.05) is 123 Å². The topological polar surface area (TPSA) is 0 Å². The summed E-state index contributed by atoms with van der Waals surface area (Å²) in [6.45, 7) is 8.34. The first-order chi connectivity index (χ1) is 15.7. The summed E-state index contributed by atoms with van der Waals surface area (Å²) in [7, 11) is 0. The van der Waals surface area contributed by atoms with Crippen LogP contribution < -0.4 is 0 Å². The number of aryl methyl sites for hydroxylation is 2. The minimum atomic E-state index is 1.32. The van der Waals surface area contributed by atoms with Gasteiger partial charge in [-0.25, -0.2) is 0 Å². The summed E-state index contributed by atoms with van der Waals surface area (Å²) in [5.41, 5.74) is 2.70. The van der Waals surface area contributed by atoms with Crippen LogP contribution in [0.4, 0.5) is 0 Å². The second-order valence-corrected chi connectivity index (χ2v) is 7.92. The molecule has 0 N–H and O–H groups in total. The normalized spacial score (nSPS) is 10.5. The molecule has 0 aromatic heterocycles. The van der Waals surface area contributed by atoms with Gasteiger partial charge in [-0.2, -0.15) is 0 Å². The van der Waals surface area contributed by atoms with Crippen molar-refractivity contribution in [1.29, 1.82) is 0 Å². The Kier molecular flexibility index (Phi) is 6.52. The number of hydrogen-bond acceptors (Lipinski definition) is 0. The number of benzene rings is 6. The molecule has 32 heavy (non-hydrogen) atoms. The van der Waals surface area contributed by atoms with E-state index in [1.807, 2.05) is 13.8 Å². The van der Waals surface area contributed by atoms with Crippen molar-refractivity contribution < 1.29 is 0 Å². The van der Waals surface area contributed by atoms with E-state index in [1.54, 1.807) is 0 Å². The molecule has 0 aliphatic rings. The predicted molar refractivity (Wildman–Crippen MR) is 144 cm³/mol. The van der Waals surface area contributed by atoms with E-state index in [4.69, 9.17) is 0 Å². The van der Waals surface area contributed by atoms with Gasteiger partial charge in [0.15, 0.2) is 0 Å². The van der Waals surface area contributed by atoms with Crippen LogP contribution in [0.15, 0.2) is 109 Å². The van der Waals surface area contributed by atoms with Gasteiger partial charge in [-0.05, 0) is 68.1 Å². The highest BCUT2D eigenvalue weighted by molar-refractivity contribution is 6.09. The number of fused-ring (bicyclic) bond motifs is 6. The maximum absolute atomic E-state index is 2.26. The van der Waals surface area contributed by atoms with Crippen molar-refractivity contribution in [2.24, 2.45) is 0 Å². The van der Waals surface area contributed by atoms with Gasteiger partial charge < -0.3 is 0 Å². The van der Waals surface area contributed by atoms with Crippen molar-refractivity contribution in [1.82, 2.24) is 0 Å². The highest BCUT2D eigenvalue weighted by Gasteiger charge is 2.02. The van der Waals surface area contributed by atoms with Crippen molar-refractivity contribution >= 4 is 43.1 Å². The molecular weight excluding hydrogens is 384 g/mol. The second-order valence-electron chi connectivity index (χ2n) is 7.92. The molecule has 6 rings (SSSR count). The average Bonchev–Trinajstić information content (AvgIpc) is 2.86. The first kappa shape index (κ1) is 21.6. The van der Waals surface area contributed by atoms with Crippen LogP contribution in [-0.4, -0.2) is 0 Å². The highest BCUT2D eigenvalue weighted by Crippen LogP contribution is 2.28. The van der Waals surface area contributed by atoms with E-state index in [2.05, 4.69) is 123 Å². The standard InChI is InChI=1S/2C15H12.C2H6/c1-11-10-12-6-2-3-8-14(12)15-9-5-4-7-13(11)15;1-11-5-4-8-15-13(11)10-9-12-6-2-3-7-14(12)15;1-2/h2*2-10H,1H3;1-2H3. The molecule has 0 aliphatic heterocycles. The lowest BCUT2D eigenvalue weighted by molar-refractivity contribution is 1.50. The number of rotatable bonds is 0. The first-order valence-electron chi connectivity index (χ1n) is 11.5. The molecule has 0 spiro atoms. The van der Waals surface area contributed by atoms with E-state index in [9.17, 15) is 0 Å². The molecular formula is C32H30. The smallest absolute Gasteiger partial charge is 0.0103 e. The summed E-state index contributed by atoms with van der Waals surface area (Å²) in [6.07, 6.45) is 0. The Bertz CT molecular complexity index is 1480. The number of hydrogen-bond donors (Lipinski definition) is 0. The molecule has 0 bridgehead atoms. The lowest BCUT2D eigenvalue weighted by atomic mass is 9.98. The molecule has 0 heterocycles. The van der Waals surface area contributed by atoms with Crippen LogP contribution in [0.3, 0.4) is 0 Å². The molecule has 0 saturated heterocycles. The molecule has 6 aromatic rings. The average molecular weight is 415 g/mol. The summed E-state index contributed by atoms with van der Waals surface area (Å²) in [4.78, 5) is 0. The third-order valence-corrected chi connectivity index (χ3v) is 5.98. The van der Waals surface area contributed by atoms with Crippen molar-refractivity contribution in [2.75, 3.05) is 0 Å². The fourth-order valence-corrected chi connectivity index (χ4v) is 4.44. The van der Waals surface area contributed by atoms with Gasteiger partial charge in [0, 0.05) is 0 Å². The summed E-state index contributed by atoms with van der Waals surface area (Å²) in [5, 5.41) is 10.8. The third-order valence-electron chi connectivity index (χ3n) is 5.98. The molecule has 158 valence electrons. The summed E-state index contributed by atoms with van der Waals surface area (Å²) < 4.78 is 0. The Morgan fingerprint density at radius 1 is 0.344 bits per heavy atom. The lowest BCUT2D eigenvalue weighted by Gasteiger charge is -2.06. The molecule has 0 aliphatic carbocycles. The third kappa shape index (κ3) is 4.09. The minimum Gasteiger partial charge on any atom is -0.0683 e. The van der Waals surface area contributed by atoms with Crippen LogP contribution in [0.5, 0.6) is 0 Å². The molecule has 0 nitrogen and oxygen atoms in total. The zero-order valence-corrected chi connectivity index (χ0v) is 19.4. The Morgan fingerprint density at radius 2 is 0.812 bits per heavy atom. The molecule has 0 radical (unpaired) electrons. The largest absolute Gasteiger partial charge is 0.0683 e. The minimum absolute atomic E-state index is 1.32. The van der Waals surface area contributed by atoms with Crippen molar-refractivity contribution in [3.63, 3.8) is 0 Å². The van der Waals surface area contributed by atoms with E-state index in [1.165, 1.54) is 54.2 Å². The van der Waals surface area contributed by atoms with Gasteiger partial charge in [0.05, 0.1) is 0 Å². The molecule has 6 aromatic carbocycles. The zero-order valence-electron chi connectivity index (χ0n) is 19.4. The van der Waals surface area contributed by atoms with Crippen molar-refractivity contribution in [3.8, 4) is 0 Å². The van der Waals surface area contributed by atoms with Gasteiger partial charge in [-0.3, -0.25) is 0 Å². The fraction of sp³-hybridized carbons (Fsp3) is 0.125.